The Bertz CT molecular complexity index is 337. The van der Waals surface area contributed by atoms with Crippen molar-refractivity contribution < 1.29 is 4.74 Å². The number of rotatable bonds is 2. The summed E-state index contributed by atoms with van der Waals surface area (Å²) in [7, 11) is 1.66. The Kier molecular flexibility index (Phi) is 3.26. The molecule has 0 aromatic heterocycles. The van der Waals surface area contributed by atoms with E-state index >= 15 is 0 Å². The van der Waals surface area contributed by atoms with E-state index in [2.05, 4.69) is 4.90 Å². The Balaban J connectivity index is 2.19. The SMILES string of the molecule is COc1ccc(N2CCSCC2)c(N)c1. The highest BCUT2D eigenvalue weighted by molar-refractivity contribution is 7.99. The maximum Gasteiger partial charge on any atom is 0.121 e. The van der Waals surface area contributed by atoms with E-state index in [0.29, 0.717) is 0 Å². The van der Waals surface area contributed by atoms with Gasteiger partial charge in [-0.3, -0.25) is 0 Å². The zero-order valence-corrected chi connectivity index (χ0v) is 9.72. The molecule has 2 N–H and O–H groups in total. The molecule has 0 bridgehead atoms. The molecule has 1 heterocycles. The number of hydrogen-bond acceptors (Lipinski definition) is 4. The molecule has 3 nitrogen and oxygen atoms in total. The number of nitrogens with zero attached hydrogens (tertiary/aromatic N) is 1. The molecule has 1 fully saturated rings. The van der Waals surface area contributed by atoms with Crippen LogP contribution < -0.4 is 15.4 Å². The fourth-order valence-electron chi connectivity index (χ4n) is 1.75. The summed E-state index contributed by atoms with van der Waals surface area (Å²) in [6, 6.07) is 5.90. The van der Waals surface area contributed by atoms with Crippen molar-refractivity contribution in [3.63, 3.8) is 0 Å². The Hall–Kier alpha value is -1.03. The van der Waals surface area contributed by atoms with Crippen LogP contribution in [0.25, 0.3) is 0 Å². The molecule has 1 aliphatic rings. The summed E-state index contributed by atoms with van der Waals surface area (Å²) in [6.45, 7) is 2.17. The minimum Gasteiger partial charge on any atom is -0.497 e. The Morgan fingerprint density at radius 2 is 2.07 bits per heavy atom. The minimum atomic E-state index is 0.807. The lowest BCUT2D eigenvalue weighted by molar-refractivity contribution is 0.415. The quantitative estimate of drug-likeness (QED) is 0.778. The van der Waals surface area contributed by atoms with Gasteiger partial charge in [0, 0.05) is 30.7 Å². The lowest BCUT2D eigenvalue weighted by atomic mass is 10.2. The maximum atomic E-state index is 6.00. The Morgan fingerprint density at radius 3 is 2.67 bits per heavy atom. The third kappa shape index (κ3) is 2.31. The van der Waals surface area contributed by atoms with Gasteiger partial charge in [-0.2, -0.15) is 11.8 Å². The van der Waals surface area contributed by atoms with Crippen molar-refractivity contribution in [3.05, 3.63) is 18.2 Å². The summed E-state index contributed by atoms with van der Waals surface area (Å²) in [6.07, 6.45) is 0. The number of anilines is 2. The van der Waals surface area contributed by atoms with Gasteiger partial charge in [-0.05, 0) is 12.1 Å². The molecule has 15 heavy (non-hydrogen) atoms. The molecule has 0 spiro atoms. The van der Waals surface area contributed by atoms with E-state index < -0.39 is 0 Å². The number of thioether (sulfide) groups is 1. The highest BCUT2D eigenvalue weighted by Crippen LogP contribution is 2.29. The smallest absolute Gasteiger partial charge is 0.121 e. The van der Waals surface area contributed by atoms with Gasteiger partial charge in [0.05, 0.1) is 18.5 Å². The van der Waals surface area contributed by atoms with Gasteiger partial charge in [-0.1, -0.05) is 0 Å². The molecule has 82 valence electrons. The molecule has 1 aliphatic heterocycles. The van der Waals surface area contributed by atoms with E-state index in [1.807, 2.05) is 30.0 Å². The summed E-state index contributed by atoms with van der Waals surface area (Å²) >= 11 is 2.00. The van der Waals surface area contributed by atoms with Gasteiger partial charge in [0.25, 0.3) is 0 Å². The van der Waals surface area contributed by atoms with Gasteiger partial charge in [0.1, 0.15) is 5.75 Å². The second-order valence-electron chi connectivity index (χ2n) is 3.52. The number of ether oxygens (including phenoxy) is 1. The first kappa shape index (κ1) is 10.5. The predicted molar refractivity (Wildman–Crippen MR) is 66.9 cm³/mol. The molecule has 0 amide bonds. The Morgan fingerprint density at radius 1 is 1.33 bits per heavy atom. The first-order valence-corrected chi connectivity index (χ1v) is 6.23. The van der Waals surface area contributed by atoms with Gasteiger partial charge >= 0.3 is 0 Å². The van der Waals surface area contributed by atoms with Crippen LogP contribution in [0.2, 0.25) is 0 Å². The van der Waals surface area contributed by atoms with Crippen LogP contribution in [0.15, 0.2) is 18.2 Å². The zero-order chi connectivity index (χ0) is 10.7. The van der Waals surface area contributed by atoms with E-state index in [1.165, 1.54) is 11.5 Å². The van der Waals surface area contributed by atoms with Crippen molar-refractivity contribution in [3.8, 4) is 5.75 Å². The standard InChI is InChI=1S/C11H16N2OS/c1-14-9-2-3-11(10(12)8-9)13-4-6-15-7-5-13/h2-3,8H,4-7,12H2,1H3. The Labute approximate surface area is 94.6 Å². The van der Waals surface area contributed by atoms with Crippen molar-refractivity contribution in [2.75, 3.05) is 42.3 Å². The van der Waals surface area contributed by atoms with Crippen LogP contribution in [0.1, 0.15) is 0 Å². The van der Waals surface area contributed by atoms with Crippen LogP contribution in [0, 0.1) is 0 Å². The summed E-state index contributed by atoms with van der Waals surface area (Å²) in [5.74, 6) is 3.19. The van der Waals surface area contributed by atoms with E-state index in [9.17, 15) is 0 Å². The molecule has 0 aliphatic carbocycles. The largest absolute Gasteiger partial charge is 0.497 e. The maximum absolute atomic E-state index is 6.00. The molecule has 2 rings (SSSR count). The van der Waals surface area contributed by atoms with Gasteiger partial charge in [-0.15, -0.1) is 0 Å². The molecule has 4 heteroatoms. The lowest BCUT2D eigenvalue weighted by Gasteiger charge is -2.29. The summed E-state index contributed by atoms with van der Waals surface area (Å²) in [5, 5.41) is 0. The van der Waals surface area contributed by atoms with Crippen LogP contribution >= 0.6 is 11.8 Å². The van der Waals surface area contributed by atoms with Gasteiger partial charge < -0.3 is 15.4 Å². The van der Waals surface area contributed by atoms with Crippen LogP contribution in [0.3, 0.4) is 0 Å². The molecular formula is C11H16N2OS. The van der Waals surface area contributed by atoms with Crippen molar-refractivity contribution in [1.29, 1.82) is 0 Å². The lowest BCUT2D eigenvalue weighted by Crippen LogP contribution is -2.32. The first-order chi connectivity index (χ1) is 7.31. The normalized spacial score (nSPS) is 16.5. The molecule has 1 saturated heterocycles. The summed E-state index contributed by atoms with van der Waals surface area (Å²) in [4.78, 5) is 2.34. The van der Waals surface area contributed by atoms with Gasteiger partial charge in [0.2, 0.25) is 0 Å². The fourth-order valence-corrected chi connectivity index (χ4v) is 2.65. The molecular weight excluding hydrogens is 208 g/mol. The molecule has 1 aromatic rings. The highest BCUT2D eigenvalue weighted by atomic mass is 32.2. The monoisotopic (exact) mass is 224 g/mol. The highest BCUT2D eigenvalue weighted by Gasteiger charge is 2.13. The van der Waals surface area contributed by atoms with Crippen molar-refractivity contribution in [1.82, 2.24) is 0 Å². The average Bonchev–Trinajstić information content (AvgIpc) is 2.30. The summed E-state index contributed by atoms with van der Waals surface area (Å²) < 4.78 is 5.13. The summed E-state index contributed by atoms with van der Waals surface area (Å²) in [5.41, 5.74) is 7.94. The molecule has 1 aromatic carbocycles. The molecule has 0 saturated carbocycles. The number of nitrogen functional groups attached to an aromatic ring is 1. The number of benzene rings is 1. The molecule has 0 radical (unpaired) electrons. The van der Waals surface area contributed by atoms with E-state index in [1.54, 1.807) is 7.11 Å². The van der Waals surface area contributed by atoms with Crippen molar-refractivity contribution in [2.45, 2.75) is 0 Å². The first-order valence-electron chi connectivity index (χ1n) is 5.07. The second-order valence-corrected chi connectivity index (χ2v) is 4.75. The van der Waals surface area contributed by atoms with E-state index in [4.69, 9.17) is 10.5 Å². The van der Waals surface area contributed by atoms with Gasteiger partial charge in [-0.25, -0.2) is 0 Å². The minimum absolute atomic E-state index is 0.807. The van der Waals surface area contributed by atoms with Crippen LogP contribution in [0.5, 0.6) is 5.75 Å². The molecule has 0 atom stereocenters. The number of hydrogen-bond donors (Lipinski definition) is 1. The third-order valence-electron chi connectivity index (χ3n) is 2.59. The van der Waals surface area contributed by atoms with Crippen LogP contribution in [0.4, 0.5) is 11.4 Å². The van der Waals surface area contributed by atoms with Crippen LogP contribution in [-0.4, -0.2) is 31.7 Å². The molecule has 0 unspecified atom stereocenters. The number of methoxy groups -OCH3 is 1. The van der Waals surface area contributed by atoms with Gasteiger partial charge in [0.15, 0.2) is 0 Å². The van der Waals surface area contributed by atoms with E-state index in [0.717, 1.165) is 30.2 Å². The van der Waals surface area contributed by atoms with Crippen LogP contribution in [-0.2, 0) is 0 Å². The van der Waals surface area contributed by atoms with Crippen molar-refractivity contribution >= 4 is 23.1 Å². The van der Waals surface area contributed by atoms with E-state index in [-0.39, 0.29) is 0 Å². The second kappa shape index (κ2) is 4.66. The fraction of sp³-hybridized carbons (Fsp3) is 0.455. The third-order valence-corrected chi connectivity index (χ3v) is 3.53. The zero-order valence-electron chi connectivity index (χ0n) is 8.90. The average molecular weight is 224 g/mol. The van der Waals surface area contributed by atoms with Crippen molar-refractivity contribution in [2.24, 2.45) is 0 Å². The topological polar surface area (TPSA) is 38.5 Å². The number of nitrogens with two attached hydrogens (primary N) is 1. The predicted octanol–water partition coefficient (Wildman–Crippen LogP) is 1.83.